The van der Waals surface area contributed by atoms with E-state index in [1.807, 2.05) is 36.7 Å². The minimum Gasteiger partial charge on any atom is -0.471 e. The predicted molar refractivity (Wildman–Crippen MR) is 67.1 cm³/mol. The number of nitrogens with zero attached hydrogens (tertiary/aromatic N) is 2. The topological polar surface area (TPSA) is 9.86 Å². The van der Waals surface area contributed by atoms with Crippen molar-refractivity contribution >= 4 is 0 Å². The molecule has 2 aromatic heterocycles. The van der Waals surface area contributed by atoms with E-state index >= 15 is 0 Å². The third kappa shape index (κ3) is 7.17. The Kier molecular flexibility index (Phi) is 9.85. The van der Waals surface area contributed by atoms with Crippen LogP contribution in [0.5, 0.6) is 0 Å². The molecule has 0 amide bonds. The van der Waals surface area contributed by atoms with Crippen LogP contribution in [0.4, 0.5) is 0 Å². The first-order valence-corrected chi connectivity index (χ1v) is 5.92. The van der Waals surface area contributed by atoms with Gasteiger partial charge in [-0.25, -0.2) is 0 Å². The van der Waals surface area contributed by atoms with Gasteiger partial charge in [-0.15, -0.1) is 24.8 Å². The Bertz CT molecular complexity index is 302. The quantitative estimate of drug-likeness (QED) is 0.604. The summed E-state index contributed by atoms with van der Waals surface area (Å²) in [6.45, 7) is 6.50. The normalized spacial score (nSPS) is 9.06. The largest absolute Gasteiger partial charge is 2.00 e. The molecule has 2 aromatic rings. The smallest absolute Gasteiger partial charge is 0.471 e. The Balaban J connectivity index is 0.000000284. The molecule has 0 aliphatic carbocycles. The summed E-state index contributed by atoms with van der Waals surface area (Å²) in [7, 11) is 0. The van der Waals surface area contributed by atoms with Gasteiger partial charge >= 0.3 is 19.5 Å². The molecule has 0 saturated carbocycles. The van der Waals surface area contributed by atoms with Crippen LogP contribution in [0, 0.1) is 12.4 Å². The van der Waals surface area contributed by atoms with Gasteiger partial charge in [-0.05, 0) is 25.9 Å². The minimum absolute atomic E-state index is 0. The van der Waals surface area contributed by atoms with Crippen LogP contribution < -0.4 is 0 Å². The Morgan fingerprint density at radius 2 is 1.24 bits per heavy atom. The fourth-order valence-electron chi connectivity index (χ4n) is 1.42. The van der Waals surface area contributed by atoms with Gasteiger partial charge in [-0.1, -0.05) is 13.8 Å². The Morgan fingerprint density at radius 3 is 1.47 bits per heavy atom. The molecular weight excluding hydrogens is 297 g/mol. The zero-order valence-corrected chi connectivity index (χ0v) is 12.3. The van der Waals surface area contributed by atoms with Crippen LogP contribution in [0.25, 0.3) is 0 Å². The average Bonchev–Trinajstić information content (AvgIpc) is 2.92. The fraction of sp³-hybridized carbons (Fsp3) is 0.429. The summed E-state index contributed by atoms with van der Waals surface area (Å²) in [6, 6.07) is 7.84. The Morgan fingerprint density at radius 1 is 0.824 bits per heavy atom. The molecule has 3 heteroatoms. The number of hydrogen-bond acceptors (Lipinski definition) is 0. The summed E-state index contributed by atoms with van der Waals surface area (Å²) in [6.07, 6.45) is 12.5. The van der Waals surface area contributed by atoms with E-state index < -0.39 is 0 Å². The van der Waals surface area contributed by atoms with E-state index in [9.17, 15) is 0 Å². The van der Waals surface area contributed by atoms with Crippen molar-refractivity contribution in [1.82, 2.24) is 9.13 Å². The van der Waals surface area contributed by atoms with Gasteiger partial charge in [0.15, 0.2) is 0 Å². The molecule has 0 aromatic carbocycles. The van der Waals surface area contributed by atoms with Crippen molar-refractivity contribution in [2.45, 2.75) is 39.8 Å². The molecule has 0 aliphatic rings. The Hall–Kier alpha value is -0.817. The molecule has 0 atom stereocenters. The predicted octanol–water partition coefficient (Wildman–Crippen LogP) is 3.39. The molecule has 2 heterocycles. The van der Waals surface area contributed by atoms with Crippen molar-refractivity contribution < 1.29 is 19.5 Å². The number of aryl methyl sites for hydroxylation is 2. The van der Waals surface area contributed by atoms with E-state index in [2.05, 4.69) is 35.4 Å². The molecule has 0 radical (unpaired) electrons. The van der Waals surface area contributed by atoms with E-state index in [0.717, 1.165) is 13.1 Å². The van der Waals surface area contributed by atoms with Crippen LogP contribution in [0.3, 0.4) is 0 Å². The van der Waals surface area contributed by atoms with E-state index in [1.54, 1.807) is 0 Å². The first-order valence-electron chi connectivity index (χ1n) is 5.92. The zero-order chi connectivity index (χ0) is 11.6. The van der Waals surface area contributed by atoms with Crippen molar-refractivity contribution in [2.75, 3.05) is 0 Å². The van der Waals surface area contributed by atoms with Gasteiger partial charge in [0.2, 0.25) is 0 Å². The van der Waals surface area contributed by atoms with Crippen molar-refractivity contribution in [3.05, 3.63) is 49.1 Å². The van der Waals surface area contributed by atoms with Crippen LogP contribution >= 0.6 is 0 Å². The maximum atomic E-state index is 3.05. The second-order valence-electron chi connectivity index (χ2n) is 3.66. The van der Waals surface area contributed by atoms with Crippen LogP contribution in [0.15, 0.2) is 36.7 Å². The standard InChI is InChI=1S/2C7H10N.Ru/c2*1-2-5-8-6-3-4-7-8;/h2*3-4,6H,2,5H2,1H3;/q2*-1;+2. The van der Waals surface area contributed by atoms with Crippen LogP contribution in [-0.4, -0.2) is 9.13 Å². The summed E-state index contributed by atoms with van der Waals surface area (Å²) in [5.74, 6) is 0. The van der Waals surface area contributed by atoms with Gasteiger partial charge in [0.1, 0.15) is 0 Å². The third-order valence-electron chi connectivity index (χ3n) is 2.13. The molecule has 2 nitrogen and oxygen atoms in total. The summed E-state index contributed by atoms with van der Waals surface area (Å²) < 4.78 is 4.11. The summed E-state index contributed by atoms with van der Waals surface area (Å²) in [4.78, 5) is 0. The number of rotatable bonds is 4. The van der Waals surface area contributed by atoms with Gasteiger partial charge in [0, 0.05) is 0 Å². The van der Waals surface area contributed by atoms with Crippen molar-refractivity contribution in [3.8, 4) is 0 Å². The Labute approximate surface area is 117 Å². The molecule has 0 spiro atoms. The minimum atomic E-state index is 0. The summed E-state index contributed by atoms with van der Waals surface area (Å²) >= 11 is 0. The second-order valence-corrected chi connectivity index (χ2v) is 3.66. The molecule has 0 N–H and O–H groups in total. The third-order valence-corrected chi connectivity index (χ3v) is 2.13. The summed E-state index contributed by atoms with van der Waals surface area (Å²) in [5, 5.41) is 0. The van der Waals surface area contributed by atoms with Crippen LogP contribution in [0.2, 0.25) is 0 Å². The van der Waals surface area contributed by atoms with Gasteiger partial charge in [0.25, 0.3) is 0 Å². The first-order chi connectivity index (χ1) is 7.86. The number of aromatic nitrogens is 2. The van der Waals surface area contributed by atoms with E-state index in [4.69, 9.17) is 0 Å². The molecule has 0 unspecified atom stereocenters. The van der Waals surface area contributed by atoms with Gasteiger partial charge < -0.3 is 9.13 Å². The zero-order valence-electron chi connectivity index (χ0n) is 10.5. The maximum Gasteiger partial charge on any atom is 2.00 e. The van der Waals surface area contributed by atoms with E-state index in [1.165, 1.54) is 12.8 Å². The number of hydrogen-bond donors (Lipinski definition) is 0. The molecule has 0 fully saturated rings. The van der Waals surface area contributed by atoms with E-state index in [-0.39, 0.29) is 19.5 Å². The summed E-state index contributed by atoms with van der Waals surface area (Å²) in [5.41, 5.74) is 0. The van der Waals surface area contributed by atoms with Crippen molar-refractivity contribution in [3.63, 3.8) is 0 Å². The first kappa shape index (κ1) is 16.2. The molecule has 0 saturated heterocycles. The maximum absolute atomic E-state index is 3.05. The molecule has 0 aliphatic heterocycles. The molecule has 2 rings (SSSR count). The SMILES string of the molecule is CCCn1[c-]ccc1.CCCn1[c-]ccc1.[Ru+2]. The van der Waals surface area contributed by atoms with Crippen LogP contribution in [0.1, 0.15) is 26.7 Å². The average molecular weight is 317 g/mol. The van der Waals surface area contributed by atoms with Crippen LogP contribution in [-0.2, 0) is 32.6 Å². The molecule has 94 valence electrons. The van der Waals surface area contributed by atoms with E-state index in [0.29, 0.717) is 0 Å². The van der Waals surface area contributed by atoms with Gasteiger partial charge in [-0.2, -0.15) is 24.3 Å². The molecular formula is C14H20N2Ru. The van der Waals surface area contributed by atoms with Crippen molar-refractivity contribution in [2.24, 2.45) is 0 Å². The van der Waals surface area contributed by atoms with Gasteiger partial charge in [-0.3, -0.25) is 0 Å². The fourth-order valence-corrected chi connectivity index (χ4v) is 1.42. The monoisotopic (exact) mass is 318 g/mol. The molecule has 0 bridgehead atoms. The van der Waals surface area contributed by atoms with Gasteiger partial charge in [0.05, 0.1) is 0 Å². The molecule has 17 heavy (non-hydrogen) atoms. The van der Waals surface area contributed by atoms with Crippen molar-refractivity contribution in [1.29, 1.82) is 0 Å². The second kappa shape index (κ2) is 10.3.